The highest BCUT2D eigenvalue weighted by Gasteiger charge is 2.07. The van der Waals surface area contributed by atoms with Gasteiger partial charge in [-0.25, -0.2) is 0 Å². The molecule has 0 aliphatic carbocycles. The molecule has 1 aromatic rings. The van der Waals surface area contributed by atoms with Crippen molar-refractivity contribution in [1.29, 1.82) is 0 Å². The molecule has 0 saturated heterocycles. The van der Waals surface area contributed by atoms with Crippen molar-refractivity contribution < 1.29 is 13.7 Å². The van der Waals surface area contributed by atoms with E-state index in [2.05, 4.69) is 20.3 Å². The van der Waals surface area contributed by atoms with Crippen LogP contribution in [-0.2, 0) is 6.42 Å². The summed E-state index contributed by atoms with van der Waals surface area (Å²) < 4.78 is 16.7. The first kappa shape index (κ1) is 22.8. The van der Waals surface area contributed by atoms with E-state index >= 15 is 0 Å². The van der Waals surface area contributed by atoms with Crippen LogP contribution in [0.3, 0.4) is 0 Å². The molecule has 1 atom stereocenters. The summed E-state index contributed by atoms with van der Waals surface area (Å²) in [7, 11) is -0.442. The molecule has 0 amide bonds. The maximum absolute atomic E-state index is 11.2. The summed E-state index contributed by atoms with van der Waals surface area (Å²) in [6, 6.07) is 5.69. The van der Waals surface area contributed by atoms with Crippen molar-refractivity contribution in [3.05, 3.63) is 29.3 Å². The topological polar surface area (TPSA) is 26.3 Å². The second kappa shape index (κ2) is 13.2. The second-order valence-corrected chi connectivity index (χ2v) is 6.49. The Morgan fingerprint density at radius 2 is 1.90 bits per heavy atom. The van der Waals surface area contributed by atoms with Gasteiger partial charge >= 0.3 is 0 Å². The number of Topliss-reactive ketones (excluding diaryl/α,β-unsaturated/α-hetero) is 1. The highest BCUT2D eigenvalue weighted by atomic mass is 31.1. The van der Waals surface area contributed by atoms with Crippen molar-refractivity contribution in [3.63, 3.8) is 0 Å². The SMILES string of the molecule is CCCCF.CCc1ccc(C(C)=O)cc1OP(C)C.P. The third-order valence-corrected chi connectivity index (χ3v) is 3.18. The summed E-state index contributed by atoms with van der Waals surface area (Å²) in [6.07, 6.45) is 2.62. The number of hydrogen-bond donors (Lipinski definition) is 0. The van der Waals surface area contributed by atoms with Crippen LogP contribution in [-0.4, -0.2) is 25.8 Å². The van der Waals surface area contributed by atoms with Gasteiger partial charge in [0.2, 0.25) is 0 Å². The lowest BCUT2D eigenvalue weighted by Crippen LogP contribution is -1.96. The molecule has 0 radical (unpaired) electrons. The van der Waals surface area contributed by atoms with E-state index in [0.29, 0.717) is 0 Å². The van der Waals surface area contributed by atoms with Gasteiger partial charge in [-0.05, 0) is 44.7 Å². The molecule has 0 heterocycles. The zero-order valence-electron chi connectivity index (χ0n) is 13.9. The van der Waals surface area contributed by atoms with Crippen LogP contribution in [0.1, 0.15) is 49.5 Å². The molecule has 0 saturated carbocycles. The van der Waals surface area contributed by atoms with Crippen molar-refractivity contribution in [2.75, 3.05) is 20.0 Å². The number of alkyl halides is 1. The minimum Gasteiger partial charge on any atom is -0.474 e. The monoisotopic (exact) mass is 334 g/mol. The van der Waals surface area contributed by atoms with Crippen LogP contribution in [0.5, 0.6) is 5.75 Å². The van der Waals surface area contributed by atoms with E-state index in [-0.39, 0.29) is 22.4 Å². The lowest BCUT2D eigenvalue weighted by molar-refractivity contribution is 0.101. The van der Waals surface area contributed by atoms with Crippen molar-refractivity contribution in [1.82, 2.24) is 0 Å². The second-order valence-electron chi connectivity index (χ2n) is 4.68. The minimum atomic E-state index is -0.442. The summed E-state index contributed by atoms with van der Waals surface area (Å²) in [5, 5.41) is 0. The number of carbonyl (C=O) groups excluding carboxylic acids is 1. The Morgan fingerprint density at radius 1 is 1.29 bits per heavy atom. The molecular formula is C16H29FO2P2. The van der Waals surface area contributed by atoms with Gasteiger partial charge in [-0.1, -0.05) is 32.4 Å². The molecule has 0 bridgehead atoms. The fraction of sp³-hybridized carbons (Fsp3) is 0.562. The van der Waals surface area contributed by atoms with Gasteiger partial charge in [-0.3, -0.25) is 9.18 Å². The van der Waals surface area contributed by atoms with Crippen LogP contribution < -0.4 is 4.52 Å². The average Bonchev–Trinajstić information content (AvgIpc) is 2.39. The molecule has 1 unspecified atom stereocenters. The van der Waals surface area contributed by atoms with Gasteiger partial charge in [-0.2, -0.15) is 9.90 Å². The third-order valence-electron chi connectivity index (χ3n) is 2.62. The van der Waals surface area contributed by atoms with Gasteiger partial charge in [0.1, 0.15) is 5.75 Å². The summed E-state index contributed by atoms with van der Waals surface area (Å²) in [5.74, 6) is 0.945. The molecule has 2 nitrogen and oxygen atoms in total. The van der Waals surface area contributed by atoms with E-state index in [1.807, 2.05) is 25.1 Å². The normalized spacial score (nSPS) is 9.48. The maximum atomic E-state index is 11.2. The van der Waals surface area contributed by atoms with E-state index in [0.717, 1.165) is 36.1 Å². The van der Waals surface area contributed by atoms with Crippen molar-refractivity contribution in [2.24, 2.45) is 0 Å². The molecule has 0 aliphatic heterocycles. The van der Waals surface area contributed by atoms with Gasteiger partial charge < -0.3 is 4.52 Å². The molecule has 1 aromatic carbocycles. The van der Waals surface area contributed by atoms with E-state index in [1.165, 1.54) is 0 Å². The molecule has 0 aliphatic rings. The van der Waals surface area contributed by atoms with Crippen molar-refractivity contribution >= 4 is 23.8 Å². The fourth-order valence-corrected chi connectivity index (χ4v) is 2.04. The summed E-state index contributed by atoms with van der Waals surface area (Å²) >= 11 is 0. The van der Waals surface area contributed by atoms with Gasteiger partial charge in [-0.15, -0.1) is 0 Å². The number of benzene rings is 1. The number of rotatable bonds is 6. The predicted molar refractivity (Wildman–Crippen MR) is 97.2 cm³/mol. The zero-order chi connectivity index (χ0) is 15.5. The first-order valence-electron chi connectivity index (χ1n) is 7.01. The minimum absolute atomic E-state index is 0. The van der Waals surface area contributed by atoms with Crippen LogP contribution in [0, 0.1) is 0 Å². The van der Waals surface area contributed by atoms with Gasteiger partial charge in [0, 0.05) is 5.56 Å². The molecule has 1 rings (SSSR count). The smallest absolute Gasteiger partial charge is 0.159 e. The first-order chi connectivity index (χ1) is 9.46. The molecular weight excluding hydrogens is 305 g/mol. The molecule has 5 heteroatoms. The van der Waals surface area contributed by atoms with Gasteiger partial charge in [0.25, 0.3) is 0 Å². The lowest BCUT2D eigenvalue weighted by Gasteiger charge is -2.13. The summed E-state index contributed by atoms with van der Waals surface area (Å²) in [6.45, 7) is 9.58. The number of aryl methyl sites for hydroxylation is 1. The Hall–Kier alpha value is -0.520. The largest absolute Gasteiger partial charge is 0.474 e. The van der Waals surface area contributed by atoms with Crippen LogP contribution >= 0.6 is 18.0 Å². The Morgan fingerprint density at radius 3 is 2.24 bits per heavy atom. The van der Waals surface area contributed by atoms with E-state index in [9.17, 15) is 9.18 Å². The van der Waals surface area contributed by atoms with Crippen molar-refractivity contribution in [3.8, 4) is 5.75 Å². The average molecular weight is 334 g/mol. The molecule has 0 fully saturated rings. The summed E-state index contributed by atoms with van der Waals surface area (Å²) in [5.41, 5.74) is 1.88. The number of ketones is 1. The quantitative estimate of drug-likeness (QED) is 0.521. The third kappa shape index (κ3) is 9.93. The predicted octanol–water partition coefficient (Wildman–Crippen LogP) is 5.30. The molecule has 122 valence electrons. The molecule has 0 spiro atoms. The van der Waals surface area contributed by atoms with E-state index in [4.69, 9.17) is 4.52 Å². The van der Waals surface area contributed by atoms with Gasteiger partial charge in [0.15, 0.2) is 5.78 Å². The lowest BCUT2D eigenvalue weighted by atomic mass is 10.1. The molecule has 0 N–H and O–H groups in total. The zero-order valence-corrected chi connectivity index (χ0v) is 16.2. The van der Waals surface area contributed by atoms with E-state index in [1.54, 1.807) is 6.92 Å². The summed E-state index contributed by atoms with van der Waals surface area (Å²) in [4.78, 5) is 11.2. The van der Waals surface area contributed by atoms with Crippen LogP contribution in [0.2, 0.25) is 0 Å². The number of hydrogen-bond acceptors (Lipinski definition) is 2. The van der Waals surface area contributed by atoms with Crippen LogP contribution in [0.4, 0.5) is 4.39 Å². The van der Waals surface area contributed by atoms with E-state index < -0.39 is 8.15 Å². The molecule has 21 heavy (non-hydrogen) atoms. The molecule has 0 aromatic heterocycles. The number of halogens is 1. The maximum Gasteiger partial charge on any atom is 0.159 e. The fourth-order valence-electron chi connectivity index (χ4n) is 1.48. The highest BCUT2D eigenvalue weighted by molar-refractivity contribution is 7.51. The first-order valence-corrected chi connectivity index (χ1v) is 9.16. The number of carbonyl (C=O) groups is 1. The Labute approximate surface area is 133 Å². The Balaban J connectivity index is 0. The Bertz CT molecular complexity index is 407. The standard InChI is InChI=1S/C12H17O2P.C4H9F.H3P/c1-5-10-6-7-11(9(2)13)8-12(10)14-15(3)4;1-2-3-4-5;/h6-8H,5H2,1-4H3;2-4H2,1H3;1H3. The van der Waals surface area contributed by atoms with Crippen molar-refractivity contribution in [2.45, 2.75) is 40.0 Å². The number of unbranched alkanes of at least 4 members (excludes halogenated alkanes) is 1. The Kier molecular flexibility index (Phi) is 14.3. The highest BCUT2D eigenvalue weighted by Crippen LogP contribution is 2.33. The van der Waals surface area contributed by atoms with Gasteiger partial charge in [0.05, 0.1) is 14.8 Å². The van der Waals surface area contributed by atoms with Crippen LogP contribution in [0.25, 0.3) is 0 Å². The van der Waals surface area contributed by atoms with Crippen LogP contribution in [0.15, 0.2) is 18.2 Å².